The van der Waals surface area contributed by atoms with Gasteiger partial charge in [-0.15, -0.1) is 0 Å². The highest BCUT2D eigenvalue weighted by molar-refractivity contribution is 5.91. The van der Waals surface area contributed by atoms with Crippen LogP contribution in [0.5, 0.6) is 0 Å². The van der Waals surface area contributed by atoms with Crippen LogP contribution in [0.4, 0.5) is 0 Å². The summed E-state index contributed by atoms with van der Waals surface area (Å²) in [6.45, 7) is 0.419. The summed E-state index contributed by atoms with van der Waals surface area (Å²) in [4.78, 5) is 42.6. The van der Waals surface area contributed by atoms with Crippen molar-refractivity contribution in [1.82, 2.24) is 21.1 Å². The number of para-hydroxylation sites is 1. The second-order valence-electron chi connectivity index (χ2n) is 11.5. The molecular weight excluding hydrogens is 576 g/mol. The number of fused-ring (bicyclic) bond motifs is 1. The predicted molar refractivity (Wildman–Crippen MR) is 180 cm³/mol. The second-order valence-corrected chi connectivity index (χ2v) is 11.5. The van der Waals surface area contributed by atoms with Crippen molar-refractivity contribution in [3.05, 3.63) is 132 Å². The van der Waals surface area contributed by atoms with Gasteiger partial charge in [-0.05, 0) is 59.6 Å². The van der Waals surface area contributed by atoms with Crippen LogP contribution in [-0.4, -0.2) is 40.5 Å². The smallest absolute Gasteiger partial charge is 0.244 e. The normalized spacial score (nSPS) is 12.3. The number of benzene rings is 4. The summed E-state index contributed by atoms with van der Waals surface area (Å²) in [5.41, 5.74) is 8.01. The molecule has 5 aromatic rings. The summed E-state index contributed by atoms with van der Waals surface area (Å²) in [5, 5.41) is 16.1. The number of amides is 3. The predicted octanol–water partition coefficient (Wildman–Crippen LogP) is 5.76. The van der Waals surface area contributed by atoms with E-state index >= 15 is 0 Å². The molecule has 0 radical (unpaired) electrons. The summed E-state index contributed by atoms with van der Waals surface area (Å²) >= 11 is 0. The van der Waals surface area contributed by atoms with Crippen molar-refractivity contribution >= 4 is 28.6 Å². The van der Waals surface area contributed by atoms with Crippen molar-refractivity contribution in [3.8, 4) is 11.1 Å². The first-order valence-corrected chi connectivity index (χ1v) is 15.7. The van der Waals surface area contributed by atoms with Crippen LogP contribution in [0.25, 0.3) is 22.0 Å². The van der Waals surface area contributed by atoms with Crippen LogP contribution in [0.1, 0.15) is 36.0 Å². The lowest BCUT2D eigenvalue weighted by atomic mass is 9.94. The van der Waals surface area contributed by atoms with Crippen LogP contribution in [-0.2, 0) is 33.6 Å². The molecule has 0 fully saturated rings. The molecule has 0 saturated heterocycles. The minimum Gasteiger partial charge on any atom is -0.361 e. The van der Waals surface area contributed by atoms with Crippen molar-refractivity contribution in [3.63, 3.8) is 0 Å². The van der Waals surface area contributed by atoms with Crippen molar-refractivity contribution in [2.24, 2.45) is 5.92 Å². The van der Waals surface area contributed by atoms with Crippen LogP contribution in [0, 0.1) is 5.92 Å². The van der Waals surface area contributed by atoms with E-state index in [1.807, 2.05) is 79.0 Å². The lowest BCUT2D eigenvalue weighted by Gasteiger charge is -2.22. The molecule has 0 spiro atoms. The number of hydrogen-bond acceptors (Lipinski definition) is 4. The number of aromatic nitrogens is 1. The van der Waals surface area contributed by atoms with Gasteiger partial charge in [0.15, 0.2) is 0 Å². The van der Waals surface area contributed by atoms with Gasteiger partial charge in [0.25, 0.3) is 0 Å². The second kappa shape index (κ2) is 16.2. The highest BCUT2D eigenvalue weighted by atomic mass is 16.5. The van der Waals surface area contributed by atoms with Crippen LogP contribution in [0.2, 0.25) is 0 Å². The van der Waals surface area contributed by atoms with Crippen LogP contribution in [0.3, 0.4) is 0 Å². The molecule has 1 heterocycles. The Morgan fingerprint density at radius 1 is 0.717 bits per heavy atom. The van der Waals surface area contributed by atoms with Crippen molar-refractivity contribution in [2.45, 2.75) is 44.6 Å². The monoisotopic (exact) mass is 616 g/mol. The number of rotatable bonds is 15. The summed E-state index contributed by atoms with van der Waals surface area (Å²) < 4.78 is 0. The number of H-pyrrole nitrogens is 1. The summed E-state index contributed by atoms with van der Waals surface area (Å²) in [7, 11) is 0. The Bertz CT molecular complexity index is 1720. The maximum atomic E-state index is 13.7. The summed E-state index contributed by atoms with van der Waals surface area (Å²) in [6, 6.07) is 35.3. The van der Waals surface area contributed by atoms with Gasteiger partial charge < -0.3 is 15.6 Å². The minimum atomic E-state index is -0.854. The van der Waals surface area contributed by atoms with E-state index in [0.717, 1.165) is 45.1 Å². The standard InChI is InChI=1S/C38H40N4O4/c43-36(42-46)25-31(15-9-12-28-18-20-30(21-19-28)29-13-5-2-6-14-29)37(44)41-35(24-32-26-40-34-17-8-7-16-33(32)34)38(45)39-23-22-27-10-3-1-4-11-27/h1-8,10-11,13-14,16-21,26,31,35,40,46H,9,12,15,22-25H2,(H,39,45)(H,41,44)(H,42,43)/t31-,35+/m0/s1. The molecule has 0 saturated carbocycles. The Morgan fingerprint density at radius 2 is 1.37 bits per heavy atom. The molecule has 0 aliphatic carbocycles. The van der Waals surface area contributed by atoms with Gasteiger partial charge in [0, 0.05) is 42.4 Å². The number of carbonyl (C=O) groups is 3. The zero-order valence-corrected chi connectivity index (χ0v) is 25.7. The van der Waals surface area contributed by atoms with Crippen molar-refractivity contribution in [1.29, 1.82) is 0 Å². The first kappa shape index (κ1) is 32.2. The molecule has 3 amide bonds. The van der Waals surface area contributed by atoms with Gasteiger partial charge in [-0.2, -0.15) is 0 Å². The van der Waals surface area contributed by atoms with E-state index in [2.05, 4.69) is 52.0 Å². The number of hydrogen-bond donors (Lipinski definition) is 5. The van der Waals surface area contributed by atoms with E-state index in [-0.39, 0.29) is 18.7 Å². The lowest BCUT2D eigenvalue weighted by Crippen LogP contribution is -2.50. The molecule has 8 heteroatoms. The Kier molecular flexibility index (Phi) is 11.3. The van der Waals surface area contributed by atoms with E-state index in [9.17, 15) is 19.6 Å². The van der Waals surface area contributed by atoms with Gasteiger partial charge in [0.2, 0.25) is 17.7 Å². The van der Waals surface area contributed by atoms with E-state index in [4.69, 9.17) is 0 Å². The molecule has 46 heavy (non-hydrogen) atoms. The maximum absolute atomic E-state index is 13.7. The molecule has 0 bridgehead atoms. The third-order valence-corrected chi connectivity index (χ3v) is 8.29. The third kappa shape index (κ3) is 8.92. The molecule has 8 nitrogen and oxygen atoms in total. The van der Waals surface area contributed by atoms with Crippen LogP contribution in [0.15, 0.2) is 115 Å². The number of carbonyl (C=O) groups excluding carboxylic acids is 3. The number of aryl methyl sites for hydroxylation is 1. The van der Waals surface area contributed by atoms with Gasteiger partial charge in [0.05, 0.1) is 0 Å². The highest BCUT2D eigenvalue weighted by Gasteiger charge is 2.28. The Balaban J connectivity index is 1.25. The first-order valence-electron chi connectivity index (χ1n) is 15.7. The van der Waals surface area contributed by atoms with E-state index in [1.165, 1.54) is 0 Å². The maximum Gasteiger partial charge on any atom is 0.244 e. The van der Waals surface area contributed by atoms with Crippen LogP contribution >= 0.6 is 0 Å². The molecule has 5 N–H and O–H groups in total. The van der Waals surface area contributed by atoms with E-state index in [1.54, 1.807) is 5.48 Å². The molecular formula is C38H40N4O4. The average molecular weight is 617 g/mol. The minimum absolute atomic E-state index is 0.190. The van der Waals surface area contributed by atoms with E-state index in [0.29, 0.717) is 25.8 Å². The fraction of sp³-hybridized carbons (Fsp3) is 0.237. The van der Waals surface area contributed by atoms with Gasteiger partial charge >= 0.3 is 0 Å². The largest absolute Gasteiger partial charge is 0.361 e. The third-order valence-electron chi connectivity index (χ3n) is 8.29. The molecule has 5 rings (SSSR count). The number of aromatic amines is 1. The molecule has 0 unspecified atom stereocenters. The molecule has 2 atom stereocenters. The van der Waals surface area contributed by atoms with Gasteiger partial charge in [-0.25, -0.2) is 5.48 Å². The summed E-state index contributed by atoms with van der Waals surface area (Å²) in [6.07, 6.45) is 4.39. The molecule has 4 aromatic carbocycles. The fourth-order valence-corrected chi connectivity index (χ4v) is 5.76. The lowest BCUT2D eigenvalue weighted by molar-refractivity contribution is -0.136. The van der Waals surface area contributed by atoms with Crippen molar-refractivity contribution < 1.29 is 19.6 Å². The fourth-order valence-electron chi connectivity index (χ4n) is 5.76. The molecule has 1 aromatic heterocycles. The SMILES string of the molecule is O=C(C[C@H](CCCc1ccc(-c2ccccc2)cc1)C(=O)N[C@H](Cc1c[nH]c2ccccc12)C(=O)NCCc1ccccc1)NO. The molecule has 0 aliphatic heterocycles. The molecule has 236 valence electrons. The van der Waals surface area contributed by atoms with Crippen LogP contribution < -0.4 is 16.1 Å². The van der Waals surface area contributed by atoms with Gasteiger partial charge in [-0.3, -0.25) is 19.6 Å². The number of nitrogens with one attached hydrogen (secondary N) is 4. The van der Waals surface area contributed by atoms with Gasteiger partial charge in [0.1, 0.15) is 6.04 Å². The average Bonchev–Trinajstić information content (AvgIpc) is 3.51. The Labute approximate surface area is 269 Å². The Morgan fingerprint density at radius 3 is 2.11 bits per heavy atom. The zero-order chi connectivity index (χ0) is 32.1. The zero-order valence-electron chi connectivity index (χ0n) is 25.7. The van der Waals surface area contributed by atoms with Crippen molar-refractivity contribution in [2.75, 3.05) is 6.54 Å². The van der Waals surface area contributed by atoms with E-state index < -0.39 is 23.8 Å². The summed E-state index contributed by atoms with van der Waals surface area (Å²) in [5.74, 6) is -2.06. The highest BCUT2D eigenvalue weighted by Crippen LogP contribution is 2.22. The first-order chi connectivity index (χ1) is 22.5. The topological polar surface area (TPSA) is 123 Å². The quantitative estimate of drug-likeness (QED) is 0.0759. The Hall–Kier alpha value is -5.21. The number of hydroxylamine groups is 1. The molecule has 0 aliphatic rings. The van der Waals surface area contributed by atoms with Gasteiger partial charge in [-0.1, -0.05) is 103 Å².